The molecule has 1 aliphatic heterocycles. The normalized spacial score (nSPS) is 15.7. The van der Waals surface area contributed by atoms with Gasteiger partial charge in [-0.1, -0.05) is 0 Å². The molecule has 0 bridgehead atoms. The molecule has 1 aliphatic rings. The van der Waals surface area contributed by atoms with E-state index in [1.165, 1.54) is 12.1 Å². The number of amides is 1. The Kier molecular flexibility index (Phi) is 3.63. The molecule has 4 heterocycles. The van der Waals surface area contributed by atoms with Crippen LogP contribution in [-0.4, -0.2) is 48.5 Å². The third-order valence-corrected chi connectivity index (χ3v) is 5.09. The van der Waals surface area contributed by atoms with E-state index in [1.54, 1.807) is 35.1 Å². The average molecular weight is 364 g/mol. The van der Waals surface area contributed by atoms with Crippen LogP contribution in [-0.2, 0) is 0 Å². The first-order valence-corrected chi connectivity index (χ1v) is 8.92. The Morgan fingerprint density at radius 2 is 2.07 bits per heavy atom. The first-order chi connectivity index (χ1) is 13.2. The van der Waals surface area contributed by atoms with Crippen LogP contribution in [0.1, 0.15) is 35.1 Å². The molecule has 0 radical (unpaired) electrons. The molecular formula is C19H17FN6O. The highest BCUT2D eigenvalue weighted by molar-refractivity contribution is 5.93. The van der Waals surface area contributed by atoms with Crippen LogP contribution < -0.4 is 0 Å². The number of hydrogen-bond acceptors (Lipinski definition) is 4. The molecule has 136 valence electrons. The number of imidazole rings is 1. The number of aromatic nitrogens is 5. The molecule has 5 rings (SSSR count). The van der Waals surface area contributed by atoms with Gasteiger partial charge in [0.05, 0.1) is 11.0 Å². The van der Waals surface area contributed by atoms with Crippen molar-refractivity contribution in [3.63, 3.8) is 0 Å². The maximum absolute atomic E-state index is 13.4. The number of fused-ring (bicyclic) bond motifs is 2. The fraction of sp³-hybridized carbons (Fsp3) is 0.263. The number of carbonyl (C=O) groups excluding carboxylic acids is 1. The van der Waals surface area contributed by atoms with Crippen LogP contribution in [0.15, 0.2) is 42.7 Å². The van der Waals surface area contributed by atoms with Gasteiger partial charge in [0.15, 0.2) is 11.3 Å². The number of hydrogen-bond donors (Lipinski definition) is 1. The minimum atomic E-state index is -0.278. The van der Waals surface area contributed by atoms with Crippen LogP contribution in [0.5, 0.6) is 0 Å². The summed E-state index contributed by atoms with van der Waals surface area (Å²) in [6.45, 7) is 1.27. The molecule has 1 saturated heterocycles. The van der Waals surface area contributed by atoms with E-state index in [9.17, 15) is 9.18 Å². The van der Waals surface area contributed by atoms with Gasteiger partial charge in [-0.2, -0.15) is 5.10 Å². The number of nitrogens with one attached hydrogen (secondary N) is 1. The second-order valence-electron chi connectivity index (χ2n) is 6.80. The zero-order chi connectivity index (χ0) is 18.4. The van der Waals surface area contributed by atoms with Crippen LogP contribution in [0.2, 0.25) is 0 Å². The second kappa shape index (κ2) is 6.15. The van der Waals surface area contributed by atoms with Crippen LogP contribution >= 0.6 is 0 Å². The van der Waals surface area contributed by atoms with Crippen molar-refractivity contribution in [3.8, 4) is 0 Å². The molecule has 8 heteroatoms. The number of aromatic amines is 1. The van der Waals surface area contributed by atoms with Crippen molar-refractivity contribution >= 4 is 22.6 Å². The highest BCUT2D eigenvalue weighted by atomic mass is 19.1. The largest absolute Gasteiger partial charge is 0.342 e. The molecule has 1 aromatic carbocycles. The Morgan fingerprint density at radius 1 is 1.22 bits per heavy atom. The van der Waals surface area contributed by atoms with Gasteiger partial charge in [-0.15, -0.1) is 0 Å². The zero-order valence-corrected chi connectivity index (χ0v) is 14.5. The standard InChI is InChI=1S/C19H17FN6O/c20-13-2-3-14-15(10-13)23-18(22-14)12-4-8-25(9-5-12)19(27)16-11-17-21-6-1-7-26(17)24-16/h1-3,6-7,10-12H,4-5,8-9H2,(H,22,23). The number of halogens is 1. The predicted molar refractivity (Wildman–Crippen MR) is 96.9 cm³/mol. The van der Waals surface area contributed by atoms with Gasteiger partial charge in [-0.05, 0) is 37.1 Å². The zero-order valence-electron chi connectivity index (χ0n) is 14.5. The lowest BCUT2D eigenvalue weighted by atomic mass is 9.96. The smallest absolute Gasteiger partial charge is 0.274 e. The van der Waals surface area contributed by atoms with Crippen LogP contribution in [0.3, 0.4) is 0 Å². The van der Waals surface area contributed by atoms with Crippen molar-refractivity contribution in [2.45, 2.75) is 18.8 Å². The number of benzene rings is 1. The summed E-state index contributed by atoms with van der Waals surface area (Å²) in [6.07, 6.45) is 5.06. The summed E-state index contributed by atoms with van der Waals surface area (Å²) in [5.74, 6) is 0.734. The van der Waals surface area contributed by atoms with Gasteiger partial charge < -0.3 is 9.88 Å². The Bertz CT molecular complexity index is 1110. The van der Waals surface area contributed by atoms with Crippen molar-refractivity contribution in [1.82, 2.24) is 29.5 Å². The number of nitrogens with zero attached hydrogens (tertiary/aromatic N) is 5. The minimum absolute atomic E-state index is 0.0781. The molecular weight excluding hydrogens is 347 g/mol. The lowest BCUT2D eigenvalue weighted by molar-refractivity contribution is 0.0705. The van der Waals surface area contributed by atoms with Crippen LogP contribution in [0, 0.1) is 5.82 Å². The maximum Gasteiger partial charge on any atom is 0.274 e. The van der Waals surface area contributed by atoms with Gasteiger partial charge in [0, 0.05) is 37.5 Å². The first kappa shape index (κ1) is 15.9. The molecule has 0 atom stereocenters. The predicted octanol–water partition coefficient (Wildman–Crippen LogP) is 2.76. The minimum Gasteiger partial charge on any atom is -0.342 e. The van der Waals surface area contributed by atoms with E-state index in [1.807, 2.05) is 4.90 Å². The van der Waals surface area contributed by atoms with E-state index < -0.39 is 0 Å². The monoisotopic (exact) mass is 364 g/mol. The molecule has 1 amide bonds. The Balaban J connectivity index is 1.30. The van der Waals surface area contributed by atoms with Gasteiger partial charge in [0.25, 0.3) is 5.91 Å². The summed E-state index contributed by atoms with van der Waals surface area (Å²) >= 11 is 0. The van der Waals surface area contributed by atoms with Gasteiger partial charge in [-0.3, -0.25) is 4.79 Å². The quantitative estimate of drug-likeness (QED) is 0.593. The second-order valence-corrected chi connectivity index (χ2v) is 6.80. The van der Waals surface area contributed by atoms with Gasteiger partial charge in [-0.25, -0.2) is 18.9 Å². The van der Waals surface area contributed by atoms with Gasteiger partial charge in [0.2, 0.25) is 0 Å². The molecule has 3 aromatic heterocycles. The number of likely N-dealkylation sites (tertiary alicyclic amines) is 1. The highest BCUT2D eigenvalue weighted by Crippen LogP contribution is 2.28. The first-order valence-electron chi connectivity index (χ1n) is 8.92. The SMILES string of the molecule is O=C(c1cc2ncccn2n1)N1CCC(c2nc3ccc(F)cc3[nH]2)CC1. The van der Waals surface area contributed by atoms with Crippen LogP contribution in [0.4, 0.5) is 4.39 Å². The molecule has 1 fully saturated rings. The Morgan fingerprint density at radius 3 is 2.89 bits per heavy atom. The summed E-state index contributed by atoms with van der Waals surface area (Å²) in [5.41, 5.74) is 2.54. The number of rotatable bonds is 2. The Hall–Kier alpha value is -3.29. The molecule has 0 spiro atoms. The lowest BCUT2D eigenvalue weighted by Gasteiger charge is -2.30. The lowest BCUT2D eigenvalue weighted by Crippen LogP contribution is -2.38. The summed E-state index contributed by atoms with van der Waals surface area (Å²) in [6, 6.07) is 8.04. The van der Waals surface area contributed by atoms with Crippen molar-refractivity contribution < 1.29 is 9.18 Å². The summed E-state index contributed by atoms with van der Waals surface area (Å²) < 4.78 is 15.0. The van der Waals surface area contributed by atoms with Gasteiger partial charge >= 0.3 is 0 Å². The van der Waals surface area contributed by atoms with Crippen molar-refractivity contribution in [2.24, 2.45) is 0 Å². The number of carbonyl (C=O) groups is 1. The fourth-order valence-electron chi connectivity index (χ4n) is 3.65. The van der Waals surface area contributed by atoms with E-state index in [0.29, 0.717) is 29.9 Å². The van der Waals surface area contributed by atoms with E-state index in [2.05, 4.69) is 20.1 Å². The number of H-pyrrole nitrogens is 1. The Labute approximate surface area is 153 Å². The summed E-state index contributed by atoms with van der Waals surface area (Å²) in [7, 11) is 0. The van der Waals surface area contributed by atoms with E-state index >= 15 is 0 Å². The molecule has 1 N–H and O–H groups in total. The molecule has 7 nitrogen and oxygen atoms in total. The molecule has 0 unspecified atom stereocenters. The average Bonchev–Trinajstić information content (AvgIpc) is 3.31. The molecule has 0 saturated carbocycles. The van der Waals surface area contributed by atoms with Crippen molar-refractivity contribution in [3.05, 3.63) is 60.1 Å². The third-order valence-electron chi connectivity index (χ3n) is 5.09. The van der Waals surface area contributed by atoms with Crippen LogP contribution in [0.25, 0.3) is 16.7 Å². The molecule has 27 heavy (non-hydrogen) atoms. The molecule has 4 aromatic rings. The van der Waals surface area contributed by atoms with E-state index in [4.69, 9.17) is 0 Å². The summed E-state index contributed by atoms with van der Waals surface area (Å²) in [5, 5.41) is 4.31. The van der Waals surface area contributed by atoms with E-state index in [-0.39, 0.29) is 17.6 Å². The van der Waals surface area contributed by atoms with Gasteiger partial charge in [0.1, 0.15) is 11.6 Å². The highest BCUT2D eigenvalue weighted by Gasteiger charge is 2.27. The maximum atomic E-state index is 13.4. The topological polar surface area (TPSA) is 79.2 Å². The number of piperidine rings is 1. The van der Waals surface area contributed by atoms with Crippen molar-refractivity contribution in [2.75, 3.05) is 13.1 Å². The van der Waals surface area contributed by atoms with E-state index in [0.717, 1.165) is 24.2 Å². The third kappa shape index (κ3) is 2.83. The fourth-order valence-corrected chi connectivity index (χ4v) is 3.65. The van der Waals surface area contributed by atoms with Crippen molar-refractivity contribution in [1.29, 1.82) is 0 Å². The summed E-state index contributed by atoms with van der Waals surface area (Å²) in [4.78, 5) is 26.6. The molecule has 0 aliphatic carbocycles.